The van der Waals surface area contributed by atoms with Crippen LogP contribution >= 0.6 is 0 Å². The van der Waals surface area contributed by atoms with Crippen LogP contribution < -0.4 is 5.32 Å². The van der Waals surface area contributed by atoms with Crippen molar-refractivity contribution in [1.82, 2.24) is 19.7 Å². The molecule has 1 aromatic carbocycles. The Morgan fingerprint density at radius 1 is 1.11 bits per heavy atom. The summed E-state index contributed by atoms with van der Waals surface area (Å²) < 4.78 is 6.72. The highest BCUT2D eigenvalue weighted by Crippen LogP contribution is 2.21. The molecule has 0 fully saturated rings. The lowest BCUT2D eigenvalue weighted by molar-refractivity contribution is 0.0512. The van der Waals surface area contributed by atoms with Crippen LogP contribution in [0.2, 0.25) is 0 Å². The van der Waals surface area contributed by atoms with E-state index in [9.17, 15) is 4.79 Å². The monoisotopic (exact) mass is 365 g/mol. The standard InChI is InChI=1S/C20H23N5O2/c1-5-25-18(19(26)27-6-2)12-17(24-25)16-7-8-21-20(23-16)22-15-10-13(3)9-14(4)11-15/h7-12H,5-6H2,1-4H3,(H,21,22,23). The molecular weight excluding hydrogens is 342 g/mol. The Bertz CT molecular complexity index is 945. The number of carbonyl (C=O) groups excluding carboxylic acids is 1. The normalized spacial score (nSPS) is 10.7. The summed E-state index contributed by atoms with van der Waals surface area (Å²) in [5.41, 5.74) is 4.90. The Morgan fingerprint density at radius 3 is 2.52 bits per heavy atom. The number of carbonyl (C=O) groups is 1. The summed E-state index contributed by atoms with van der Waals surface area (Å²) in [6.07, 6.45) is 1.67. The van der Waals surface area contributed by atoms with Gasteiger partial charge in [-0.05, 0) is 57.0 Å². The van der Waals surface area contributed by atoms with Gasteiger partial charge in [0.25, 0.3) is 0 Å². The number of nitrogens with one attached hydrogen (secondary N) is 1. The summed E-state index contributed by atoms with van der Waals surface area (Å²) in [5, 5.41) is 7.70. The maximum Gasteiger partial charge on any atom is 0.356 e. The Hall–Kier alpha value is -3.22. The highest BCUT2D eigenvalue weighted by atomic mass is 16.5. The summed E-state index contributed by atoms with van der Waals surface area (Å²) in [6, 6.07) is 9.65. The van der Waals surface area contributed by atoms with Gasteiger partial charge in [0.05, 0.1) is 12.3 Å². The van der Waals surface area contributed by atoms with Crippen molar-refractivity contribution >= 4 is 17.6 Å². The zero-order valence-corrected chi connectivity index (χ0v) is 16.0. The topological polar surface area (TPSA) is 81.9 Å². The van der Waals surface area contributed by atoms with E-state index < -0.39 is 0 Å². The van der Waals surface area contributed by atoms with Gasteiger partial charge < -0.3 is 10.1 Å². The molecule has 0 aliphatic rings. The second kappa shape index (κ2) is 7.99. The summed E-state index contributed by atoms with van der Waals surface area (Å²) in [7, 11) is 0. The molecule has 0 aliphatic heterocycles. The third-order valence-electron chi connectivity index (χ3n) is 3.96. The predicted molar refractivity (Wildman–Crippen MR) is 104 cm³/mol. The van der Waals surface area contributed by atoms with E-state index in [1.807, 2.05) is 32.9 Å². The van der Waals surface area contributed by atoms with Crippen molar-refractivity contribution < 1.29 is 9.53 Å². The lowest BCUT2D eigenvalue weighted by Crippen LogP contribution is -2.12. The molecule has 27 heavy (non-hydrogen) atoms. The first-order valence-electron chi connectivity index (χ1n) is 8.94. The van der Waals surface area contributed by atoms with E-state index in [0.717, 1.165) is 16.8 Å². The molecule has 1 N–H and O–H groups in total. The quantitative estimate of drug-likeness (QED) is 0.667. The Balaban J connectivity index is 1.90. The molecule has 0 radical (unpaired) electrons. The van der Waals surface area contributed by atoms with Crippen molar-refractivity contribution in [3.8, 4) is 11.4 Å². The molecule has 0 bridgehead atoms. The van der Waals surface area contributed by atoms with Gasteiger partial charge in [0.1, 0.15) is 11.4 Å². The van der Waals surface area contributed by atoms with E-state index >= 15 is 0 Å². The van der Waals surface area contributed by atoms with Gasteiger partial charge in [-0.3, -0.25) is 4.68 Å². The van der Waals surface area contributed by atoms with Crippen LogP contribution in [0.3, 0.4) is 0 Å². The van der Waals surface area contributed by atoms with E-state index in [-0.39, 0.29) is 5.97 Å². The van der Waals surface area contributed by atoms with Gasteiger partial charge in [-0.15, -0.1) is 0 Å². The highest BCUT2D eigenvalue weighted by Gasteiger charge is 2.17. The third kappa shape index (κ3) is 4.31. The molecule has 0 aliphatic carbocycles. The number of benzene rings is 1. The molecule has 2 heterocycles. The van der Waals surface area contributed by atoms with Crippen molar-refractivity contribution in [2.45, 2.75) is 34.2 Å². The second-order valence-corrected chi connectivity index (χ2v) is 6.22. The van der Waals surface area contributed by atoms with Crippen LogP contribution in [0.4, 0.5) is 11.6 Å². The minimum atomic E-state index is -0.388. The molecule has 0 saturated carbocycles. The summed E-state index contributed by atoms with van der Waals surface area (Å²) in [6.45, 7) is 8.67. The maximum absolute atomic E-state index is 12.1. The van der Waals surface area contributed by atoms with Crippen LogP contribution in [-0.2, 0) is 11.3 Å². The van der Waals surface area contributed by atoms with E-state index in [2.05, 4.69) is 26.4 Å². The van der Waals surface area contributed by atoms with Crippen molar-refractivity contribution in [2.75, 3.05) is 11.9 Å². The van der Waals surface area contributed by atoms with E-state index in [1.54, 1.807) is 29.9 Å². The van der Waals surface area contributed by atoms with Gasteiger partial charge in [-0.1, -0.05) is 6.07 Å². The van der Waals surface area contributed by atoms with Gasteiger partial charge >= 0.3 is 5.97 Å². The highest BCUT2D eigenvalue weighted by molar-refractivity contribution is 5.88. The van der Waals surface area contributed by atoms with Crippen molar-refractivity contribution in [3.05, 3.63) is 53.3 Å². The number of ether oxygens (including phenoxy) is 1. The fourth-order valence-corrected chi connectivity index (χ4v) is 2.89. The Labute approximate surface area is 158 Å². The van der Waals surface area contributed by atoms with E-state index in [4.69, 9.17) is 4.74 Å². The maximum atomic E-state index is 12.1. The molecule has 7 heteroatoms. The minimum Gasteiger partial charge on any atom is -0.461 e. The lowest BCUT2D eigenvalue weighted by Gasteiger charge is -2.07. The van der Waals surface area contributed by atoms with Gasteiger partial charge in [-0.25, -0.2) is 14.8 Å². The molecule has 7 nitrogen and oxygen atoms in total. The number of rotatable bonds is 6. The number of anilines is 2. The molecule has 0 spiro atoms. The molecule has 0 amide bonds. The molecule has 0 unspecified atom stereocenters. The zero-order valence-electron chi connectivity index (χ0n) is 16.0. The second-order valence-electron chi connectivity index (χ2n) is 6.22. The van der Waals surface area contributed by atoms with E-state index in [1.165, 1.54) is 0 Å². The van der Waals surface area contributed by atoms with Crippen molar-refractivity contribution in [1.29, 1.82) is 0 Å². The van der Waals surface area contributed by atoms with Crippen LogP contribution in [0.25, 0.3) is 11.4 Å². The average Bonchev–Trinajstić information content (AvgIpc) is 3.06. The molecule has 3 rings (SSSR count). The Kier molecular flexibility index (Phi) is 5.49. The molecular formula is C20H23N5O2. The summed E-state index contributed by atoms with van der Waals surface area (Å²) in [5.74, 6) is 0.0852. The number of nitrogens with zero attached hydrogens (tertiary/aromatic N) is 4. The van der Waals surface area contributed by atoms with Crippen LogP contribution in [0.5, 0.6) is 0 Å². The molecule has 2 aromatic heterocycles. The third-order valence-corrected chi connectivity index (χ3v) is 3.96. The number of aromatic nitrogens is 4. The van der Waals surface area contributed by atoms with Crippen LogP contribution in [-0.4, -0.2) is 32.3 Å². The average molecular weight is 365 g/mol. The minimum absolute atomic E-state index is 0.320. The summed E-state index contributed by atoms with van der Waals surface area (Å²) in [4.78, 5) is 20.9. The van der Waals surface area contributed by atoms with Crippen molar-refractivity contribution in [3.63, 3.8) is 0 Å². The largest absolute Gasteiger partial charge is 0.461 e. The number of hydrogen-bond donors (Lipinski definition) is 1. The molecule has 140 valence electrons. The van der Waals surface area contributed by atoms with Crippen molar-refractivity contribution in [2.24, 2.45) is 0 Å². The van der Waals surface area contributed by atoms with Crippen LogP contribution in [0.1, 0.15) is 35.5 Å². The van der Waals surface area contributed by atoms with Gasteiger partial charge in [0.15, 0.2) is 0 Å². The first kappa shape index (κ1) is 18.6. The van der Waals surface area contributed by atoms with Gasteiger partial charge in [-0.2, -0.15) is 5.10 Å². The van der Waals surface area contributed by atoms with Gasteiger partial charge in [0.2, 0.25) is 5.95 Å². The van der Waals surface area contributed by atoms with Gasteiger partial charge in [0, 0.05) is 24.5 Å². The number of esters is 1. The van der Waals surface area contributed by atoms with E-state index in [0.29, 0.717) is 36.2 Å². The number of hydrogen-bond acceptors (Lipinski definition) is 6. The lowest BCUT2D eigenvalue weighted by atomic mass is 10.1. The SMILES string of the molecule is CCOC(=O)c1cc(-c2ccnc(Nc3cc(C)cc(C)c3)n2)nn1CC. The smallest absolute Gasteiger partial charge is 0.356 e. The molecule has 0 atom stereocenters. The Morgan fingerprint density at radius 2 is 1.85 bits per heavy atom. The fourth-order valence-electron chi connectivity index (χ4n) is 2.89. The first-order chi connectivity index (χ1) is 13.0. The fraction of sp³-hybridized carbons (Fsp3) is 0.300. The first-order valence-corrected chi connectivity index (χ1v) is 8.94. The van der Waals surface area contributed by atoms with Crippen LogP contribution in [0.15, 0.2) is 36.5 Å². The number of aryl methyl sites for hydroxylation is 3. The molecule has 3 aromatic rings. The predicted octanol–water partition coefficient (Wildman–Crippen LogP) is 3.90. The zero-order chi connectivity index (χ0) is 19.4. The molecule has 0 saturated heterocycles. The van der Waals surface area contributed by atoms with Crippen LogP contribution in [0, 0.1) is 13.8 Å². The summed E-state index contributed by atoms with van der Waals surface area (Å²) >= 11 is 0.